The van der Waals surface area contributed by atoms with Gasteiger partial charge in [-0.25, -0.2) is 0 Å². The lowest BCUT2D eigenvalue weighted by atomic mass is 9.93. The maximum absolute atomic E-state index is 11.9. The van der Waals surface area contributed by atoms with Crippen LogP contribution >= 0.6 is 34.5 Å². The predicted molar refractivity (Wildman–Crippen MR) is 93.7 cm³/mol. The number of benzene rings is 1. The van der Waals surface area contributed by atoms with Crippen LogP contribution in [-0.4, -0.2) is 22.7 Å². The third-order valence-electron chi connectivity index (χ3n) is 2.65. The van der Waals surface area contributed by atoms with Crippen LogP contribution < -0.4 is 10.1 Å². The first-order valence-electron chi connectivity index (χ1n) is 6.93. The summed E-state index contributed by atoms with van der Waals surface area (Å²) >= 11 is 13.1. The lowest BCUT2D eigenvalue weighted by molar-refractivity contribution is -0.118. The van der Waals surface area contributed by atoms with Crippen LogP contribution in [0.5, 0.6) is 5.75 Å². The Hall–Kier alpha value is -1.37. The van der Waals surface area contributed by atoms with E-state index in [4.69, 9.17) is 27.9 Å². The van der Waals surface area contributed by atoms with Crippen LogP contribution in [0.4, 0.5) is 5.13 Å². The minimum atomic E-state index is -0.325. The van der Waals surface area contributed by atoms with Gasteiger partial charge in [-0.1, -0.05) is 55.3 Å². The van der Waals surface area contributed by atoms with E-state index in [-0.39, 0.29) is 17.9 Å². The highest BCUT2D eigenvalue weighted by Crippen LogP contribution is 2.28. The zero-order valence-corrected chi connectivity index (χ0v) is 15.3. The standard InChI is InChI=1S/C15H17Cl2N3O2S/c1-15(2,3)7-13-19-20-14(23-13)18-12(21)8-22-11-5-4-9(16)6-10(11)17/h4-6H,7-8H2,1-3H3,(H,18,20,21). The minimum absolute atomic E-state index is 0.120. The molecule has 1 amide bonds. The summed E-state index contributed by atoms with van der Waals surface area (Å²) in [6, 6.07) is 4.81. The molecule has 2 rings (SSSR count). The summed E-state index contributed by atoms with van der Waals surface area (Å²) in [5.74, 6) is 0.0753. The minimum Gasteiger partial charge on any atom is -0.482 e. The number of carbonyl (C=O) groups is 1. The molecule has 0 unspecified atom stereocenters. The zero-order valence-electron chi connectivity index (χ0n) is 13.0. The molecule has 0 saturated heterocycles. The van der Waals surface area contributed by atoms with Gasteiger partial charge in [0.05, 0.1) is 5.02 Å². The fraction of sp³-hybridized carbons (Fsp3) is 0.400. The van der Waals surface area contributed by atoms with Crippen molar-refractivity contribution in [1.29, 1.82) is 0 Å². The van der Waals surface area contributed by atoms with Crippen LogP contribution in [0.2, 0.25) is 10.0 Å². The van der Waals surface area contributed by atoms with E-state index >= 15 is 0 Å². The molecule has 0 fully saturated rings. The van der Waals surface area contributed by atoms with Crippen LogP contribution in [0.1, 0.15) is 25.8 Å². The van der Waals surface area contributed by atoms with Crippen molar-refractivity contribution in [1.82, 2.24) is 10.2 Å². The van der Waals surface area contributed by atoms with Crippen molar-refractivity contribution < 1.29 is 9.53 Å². The number of ether oxygens (including phenoxy) is 1. The van der Waals surface area contributed by atoms with Gasteiger partial charge in [0.2, 0.25) is 5.13 Å². The van der Waals surface area contributed by atoms with Gasteiger partial charge in [-0.05, 0) is 23.6 Å². The Balaban J connectivity index is 1.87. The molecule has 0 radical (unpaired) electrons. The van der Waals surface area contributed by atoms with Gasteiger partial charge in [0.1, 0.15) is 10.8 Å². The number of rotatable bonds is 5. The predicted octanol–water partition coefficient (Wildman–Crippen LogP) is 4.45. The van der Waals surface area contributed by atoms with E-state index in [0.717, 1.165) is 11.4 Å². The Morgan fingerprint density at radius 3 is 2.70 bits per heavy atom. The molecule has 23 heavy (non-hydrogen) atoms. The van der Waals surface area contributed by atoms with Crippen molar-refractivity contribution in [3.05, 3.63) is 33.3 Å². The highest BCUT2D eigenvalue weighted by molar-refractivity contribution is 7.15. The molecule has 0 atom stereocenters. The van der Waals surface area contributed by atoms with Gasteiger partial charge < -0.3 is 4.74 Å². The lowest BCUT2D eigenvalue weighted by Crippen LogP contribution is -2.20. The molecule has 5 nitrogen and oxygen atoms in total. The van der Waals surface area contributed by atoms with Crippen molar-refractivity contribution in [2.45, 2.75) is 27.2 Å². The monoisotopic (exact) mass is 373 g/mol. The molecule has 124 valence electrons. The maximum Gasteiger partial charge on any atom is 0.264 e. The van der Waals surface area contributed by atoms with Crippen LogP contribution in [0, 0.1) is 5.41 Å². The number of amides is 1. The highest BCUT2D eigenvalue weighted by atomic mass is 35.5. The molecule has 8 heteroatoms. The second kappa shape index (κ2) is 7.47. The van der Waals surface area contributed by atoms with Gasteiger partial charge in [0, 0.05) is 11.4 Å². The summed E-state index contributed by atoms with van der Waals surface area (Å²) in [6.07, 6.45) is 0.803. The number of nitrogens with zero attached hydrogens (tertiary/aromatic N) is 2. The maximum atomic E-state index is 11.9. The van der Waals surface area contributed by atoms with E-state index in [1.807, 2.05) is 0 Å². The second-order valence-corrected chi connectivity index (χ2v) is 8.06. The molecular formula is C15H17Cl2N3O2S. The molecule has 1 aromatic carbocycles. The molecule has 1 aromatic heterocycles. The van der Waals surface area contributed by atoms with Gasteiger partial charge in [0.15, 0.2) is 6.61 Å². The number of hydrogen-bond donors (Lipinski definition) is 1. The molecule has 0 aliphatic heterocycles. The quantitative estimate of drug-likeness (QED) is 0.840. The third-order valence-corrected chi connectivity index (χ3v) is 4.02. The Labute approximate surface area is 149 Å². The number of nitrogens with one attached hydrogen (secondary N) is 1. The summed E-state index contributed by atoms with van der Waals surface area (Å²) in [6.45, 7) is 6.19. The van der Waals surface area contributed by atoms with E-state index in [9.17, 15) is 4.79 Å². The van der Waals surface area contributed by atoms with Crippen molar-refractivity contribution in [2.24, 2.45) is 5.41 Å². The largest absolute Gasteiger partial charge is 0.482 e. The van der Waals surface area contributed by atoms with E-state index in [2.05, 4.69) is 36.3 Å². The van der Waals surface area contributed by atoms with Crippen LogP contribution in [0.25, 0.3) is 0 Å². The van der Waals surface area contributed by atoms with E-state index in [1.165, 1.54) is 11.3 Å². The van der Waals surface area contributed by atoms with Crippen molar-refractivity contribution in [3.8, 4) is 5.75 Å². The average Bonchev–Trinajstić information content (AvgIpc) is 2.82. The normalized spacial score (nSPS) is 11.3. The highest BCUT2D eigenvalue weighted by Gasteiger charge is 2.16. The first-order chi connectivity index (χ1) is 10.7. The topological polar surface area (TPSA) is 64.1 Å². The summed E-state index contributed by atoms with van der Waals surface area (Å²) in [5, 5.41) is 12.9. The molecule has 1 heterocycles. The molecule has 0 aliphatic carbocycles. The zero-order chi connectivity index (χ0) is 17.0. The fourth-order valence-corrected chi connectivity index (χ4v) is 3.24. The first kappa shape index (κ1) is 18.0. The molecule has 0 bridgehead atoms. The third kappa shape index (κ3) is 5.97. The first-order valence-corrected chi connectivity index (χ1v) is 8.50. The van der Waals surface area contributed by atoms with Crippen LogP contribution in [-0.2, 0) is 11.2 Å². The molecule has 0 saturated carbocycles. The molecule has 0 aliphatic rings. The van der Waals surface area contributed by atoms with Gasteiger partial charge in [-0.2, -0.15) is 0 Å². The summed E-state index contributed by atoms with van der Waals surface area (Å²) in [4.78, 5) is 11.9. The molecular weight excluding hydrogens is 357 g/mol. The van der Waals surface area contributed by atoms with Crippen molar-refractivity contribution in [2.75, 3.05) is 11.9 Å². The number of hydrogen-bond acceptors (Lipinski definition) is 5. The Morgan fingerprint density at radius 2 is 2.04 bits per heavy atom. The number of carbonyl (C=O) groups excluding carboxylic acids is 1. The summed E-state index contributed by atoms with van der Waals surface area (Å²) < 4.78 is 5.37. The van der Waals surface area contributed by atoms with Gasteiger partial charge >= 0.3 is 0 Å². The van der Waals surface area contributed by atoms with E-state index in [1.54, 1.807) is 18.2 Å². The van der Waals surface area contributed by atoms with E-state index in [0.29, 0.717) is 20.9 Å². The van der Waals surface area contributed by atoms with Gasteiger partial charge in [-0.3, -0.25) is 10.1 Å². The van der Waals surface area contributed by atoms with Crippen LogP contribution in [0.15, 0.2) is 18.2 Å². The van der Waals surface area contributed by atoms with Gasteiger partial charge in [-0.15, -0.1) is 10.2 Å². The Morgan fingerprint density at radius 1 is 1.30 bits per heavy atom. The van der Waals surface area contributed by atoms with Gasteiger partial charge in [0.25, 0.3) is 5.91 Å². The van der Waals surface area contributed by atoms with Crippen molar-refractivity contribution in [3.63, 3.8) is 0 Å². The number of halogens is 2. The SMILES string of the molecule is CC(C)(C)Cc1nnc(NC(=O)COc2ccc(Cl)cc2Cl)s1. The fourth-order valence-electron chi connectivity index (χ4n) is 1.72. The van der Waals surface area contributed by atoms with Crippen molar-refractivity contribution >= 4 is 45.6 Å². The Kier molecular flexibility index (Phi) is 5.84. The second-order valence-electron chi connectivity index (χ2n) is 6.15. The van der Waals surface area contributed by atoms with E-state index < -0.39 is 0 Å². The lowest BCUT2D eigenvalue weighted by Gasteiger charge is -2.14. The van der Waals surface area contributed by atoms with Crippen LogP contribution in [0.3, 0.4) is 0 Å². The number of anilines is 1. The number of aromatic nitrogens is 2. The smallest absolute Gasteiger partial charge is 0.264 e. The summed E-state index contributed by atoms with van der Waals surface area (Å²) in [7, 11) is 0. The molecule has 1 N–H and O–H groups in total. The Bertz CT molecular complexity index is 698. The molecule has 0 spiro atoms. The average molecular weight is 374 g/mol. The summed E-state index contributed by atoms with van der Waals surface area (Å²) in [5.41, 5.74) is 0.120. The molecule has 2 aromatic rings.